The van der Waals surface area contributed by atoms with Crippen molar-refractivity contribution in [3.8, 4) is 0 Å². The number of nitrogens with one attached hydrogen (secondary N) is 2. The summed E-state index contributed by atoms with van der Waals surface area (Å²) >= 11 is 0. The highest BCUT2D eigenvalue weighted by molar-refractivity contribution is 6.04. The topological polar surface area (TPSA) is 92.2 Å². The molecule has 2 aromatic heterocycles. The maximum atomic E-state index is 12.0. The van der Waals surface area contributed by atoms with Crippen LogP contribution in [0.25, 0.3) is 11.0 Å². The highest BCUT2D eigenvalue weighted by Crippen LogP contribution is 2.12. The highest BCUT2D eigenvalue weighted by Gasteiger charge is 2.11. The summed E-state index contributed by atoms with van der Waals surface area (Å²) in [4.78, 5) is 38.0. The van der Waals surface area contributed by atoms with Gasteiger partial charge >= 0.3 is 5.63 Å². The summed E-state index contributed by atoms with van der Waals surface area (Å²) in [7, 11) is 0. The van der Waals surface area contributed by atoms with E-state index in [1.807, 2.05) is 0 Å². The first-order valence-corrected chi connectivity index (χ1v) is 6.17. The Bertz CT molecular complexity index is 926. The van der Waals surface area contributed by atoms with Crippen molar-refractivity contribution in [2.24, 2.45) is 0 Å². The van der Waals surface area contributed by atoms with Gasteiger partial charge in [-0.2, -0.15) is 0 Å². The lowest BCUT2D eigenvalue weighted by Gasteiger charge is -2.04. The third-order valence-corrected chi connectivity index (χ3v) is 2.95. The Morgan fingerprint density at radius 3 is 2.62 bits per heavy atom. The molecule has 2 heterocycles. The Hall–Kier alpha value is -3.15. The predicted octanol–water partition coefficient (Wildman–Crippen LogP) is 1.73. The van der Waals surface area contributed by atoms with Gasteiger partial charge in [0.1, 0.15) is 11.3 Å². The molecule has 0 saturated carbocycles. The van der Waals surface area contributed by atoms with Gasteiger partial charge < -0.3 is 14.7 Å². The van der Waals surface area contributed by atoms with E-state index in [9.17, 15) is 14.4 Å². The minimum Gasteiger partial charge on any atom is -0.421 e. The van der Waals surface area contributed by atoms with Crippen LogP contribution in [0.4, 0.5) is 5.69 Å². The zero-order chi connectivity index (χ0) is 14.8. The molecule has 0 aliphatic heterocycles. The predicted molar refractivity (Wildman–Crippen MR) is 77.5 cm³/mol. The van der Waals surface area contributed by atoms with Crippen LogP contribution < -0.4 is 16.5 Å². The largest absolute Gasteiger partial charge is 0.421 e. The van der Waals surface area contributed by atoms with Crippen LogP contribution in [-0.4, -0.2) is 10.9 Å². The number of aromatic amines is 1. The van der Waals surface area contributed by atoms with Crippen LogP contribution in [0.3, 0.4) is 0 Å². The third-order valence-electron chi connectivity index (χ3n) is 2.95. The Balaban J connectivity index is 2.03. The molecule has 0 unspecified atom stereocenters. The molecule has 0 aliphatic carbocycles. The first-order chi connectivity index (χ1) is 10.1. The Morgan fingerprint density at radius 1 is 1.10 bits per heavy atom. The minimum atomic E-state index is -0.711. The zero-order valence-corrected chi connectivity index (χ0v) is 10.8. The number of amides is 1. The second-order valence-electron chi connectivity index (χ2n) is 4.35. The molecule has 3 aromatic rings. The van der Waals surface area contributed by atoms with Crippen LogP contribution in [0.5, 0.6) is 0 Å². The molecule has 6 nitrogen and oxygen atoms in total. The number of aromatic nitrogens is 1. The van der Waals surface area contributed by atoms with Gasteiger partial charge in [-0.05, 0) is 24.3 Å². The Kier molecular flexibility index (Phi) is 3.12. The van der Waals surface area contributed by atoms with Crippen molar-refractivity contribution in [2.45, 2.75) is 0 Å². The number of fused-ring (bicyclic) bond motifs is 1. The average molecular weight is 282 g/mol. The molecule has 1 amide bonds. The van der Waals surface area contributed by atoms with Gasteiger partial charge in [-0.1, -0.05) is 18.2 Å². The number of carbonyl (C=O) groups is 1. The Labute approximate surface area is 118 Å². The van der Waals surface area contributed by atoms with Gasteiger partial charge in [-0.3, -0.25) is 9.59 Å². The van der Waals surface area contributed by atoms with E-state index in [0.717, 1.165) is 0 Å². The monoisotopic (exact) mass is 282 g/mol. The third kappa shape index (κ3) is 2.46. The average Bonchev–Trinajstić information content (AvgIpc) is 2.50. The molecule has 0 fully saturated rings. The molecule has 3 rings (SSSR count). The molecule has 0 bridgehead atoms. The van der Waals surface area contributed by atoms with Crippen molar-refractivity contribution < 1.29 is 9.21 Å². The van der Waals surface area contributed by atoms with Crippen molar-refractivity contribution in [1.29, 1.82) is 0 Å². The quantitative estimate of drug-likeness (QED) is 0.748. The first kappa shape index (κ1) is 12.9. The molecular weight excluding hydrogens is 272 g/mol. The number of pyridine rings is 1. The van der Waals surface area contributed by atoms with Crippen LogP contribution in [0.2, 0.25) is 0 Å². The van der Waals surface area contributed by atoms with Gasteiger partial charge in [0, 0.05) is 11.8 Å². The van der Waals surface area contributed by atoms with Crippen LogP contribution in [0.1, 0.15) is 10.4 Å². The van der Waals surface area contributed by atoms with Gasteiger partial charge in [0.05, 0.1) is 5.39 Å². The maximum Gasteiger partial charge on any atom is 0.360 e. The molecule has 0 atom stereocenters. The molecule has 6 heteroatoms. The van der Waals surface area contributed by atoms with Crippen LogP contribution in [-0.2, 0) is 0 Å². The van der Waals surface area contributed by atoms with Crippen LogP contribution in [0.15, 0.2) is 62.7 Å². The highest BCUT2D eigenvalue weighted by atomic mass is 16.4. The summed E-state index contributed by atoms with van der Waals surface area (Å²) in [5.41, 5.74) is -0.614. The van der Waals surface area contributed by atoms with Crippen molar-refractivity contribution in [2.75, 3.05) is 5.32 Å². The van der Waals surface area contributed by atoms with Crippen molar-refractivity contribution in [1.82, 2.24) is 4.98 Å². The van der Waals surface area contributed by atoms with Crippen LogP contribution in [0, 0.1) is 0 Å². The molecule has 104 valence electrons. The molecule has 0 saturated heterocycles. The smallest absolute Gasteiger partial charge is 0.360 e. The van der Waals surface area contributed by atoms with Gasteiger partial charge in [0.15, 0.2) is 0 Å². The molecule has 21 heavy (non-hydrogen) atoms. The maximum absolute atomic E-state index is 12.0. The minimum absolute atomic E-state index is 0.0759. The number of rotatable bonds is 2. The fourth-order valence-corrected chi connectivity index (χ4v) is 1.93. The molecule has 0 radical (unpaired) electrons. The SMILES string of the molecule is O=C(Nc1cc2c(=O)[nH]ccc2oc1=O)c1ccccc1. The van der Waals surface area contributed by atoms with Crippen LogP contribution >= 0.6 is 0 Å². The standard InChI is InChI=1S/C15H10N2O4/c18-13(9-4-2-1-3-5-9)17-11-8-10-12(21-15(11)20)6-7-16-14(10)19/h1-8H,(H,16,19)(H,17,18). The lowest BCUT2D eigenvalue weighted by Crippen LogP contribution is -2.18. The van der Waals surface area contributed by atoms with E-state index < -0.39 is 17.1 Å². The zero-order valence-electron chi connectivity index (χ0n) is 10.8. The van der Waals surface area contributed by atoms with Crippen molar-refractivity contribution in [3.63, 3.8) is 0 Å². The summed E-state index contributed by atoms with van der Waals surface area (Å²) in [6.45, 7) is 0. The summed E-state index contributed by atoms with van der Waals surface area (Å²) < 4.78 is 5.02. The van der Waals surface area contributed by atoms with Crippen molar-refractivity contribution >= 4 is 22.6 Å². The molecule has 1 aromatic carbocycles. The number of hydrogen-bond donors (Lipinski definition) is 2. The number of anilines is 1. The van der Waals surface area contributed by atoms with E-state index in [4.69, 9.17) is 4.42 Å². The summed E-state index contributed by atoms with van der Waals surface area (Å²) in [6.07, 6.45) is 1.38. The second kappa shape index (κ2) is 5.09. The number of carbonyl (C=O) groups excluding carboxylic acids is 1. The number of benzene rings is 1. The summed E-state index contributed by atoms with van der Waals surface area (Å²) in [6, 6.07) is 11.2. The van der Waals surface area contributed by atoms with Gasteiger partial charge in [0.2, 0.25) is 0 Å². The van der Waals surface area contributed by atoms with Gasteiger partial charge in [0.25, 0.3) is 11.5 Å². The fraction of sp³-hybridized carbons (Fsp3) is 0. The summed E-state index contributed by atoms with van der Waals surface area (Å²) in [5.74, 6) is -0.449. The first-order valence-electron chi connectivity index (χ1n) is 6.17. The lowest BCUT2D eigenvalue weighted by atomic mass is 10.2. The Morgan fingerprint density at radius 2 is 1.86 bits per heavy atom. The van der Waals surface area contributed by atoms with E-state index in [0.29, 0.717) is 5.56 Å². The lowest BCUT2D eigenvalue weighted by molar-refractivity contribution is 0.102. The van der Waals surface area contributed by atoms with E-state index in [1.165, 1.54) is 18.3 Å². The number of hydrogen-bond acceptors (Lipinski definition) is 4. The normalized spacial score (nSPS) is 10.5. The van der Waals surface area contributed by atoms with E-state index in [2.05, 4.69) is 10.3 Å². The van der Waals surface area contributed by atoms with E-state index in [-0.39, 0.29) is 16.7 Å². The number of H-pyrrole nitrogens is 1. The van der Waals surface area contributed by atoms with Crippen molar-refractivity contribution in [3.05, 3.63) is 75.0 Å². The van der Waals surface area contributed by atoms with Gasteiger partial charge in [-0.15, -0.1) is 0 Å². The van der Waals surface area contributed by atoms with E-state index >= 15 is 0 Å². The second-order valence-corrected chi connectivity index (χ2v) is 4.35. The fourth-order valence-electron chi connectivity index (χ4n) is 1.93. The van der Waals surface area contributed by atoms with E-state index in [1.54, 1.807) is 30.3 Å². The summed E-state index contributed by atoms with van der Waals surface area (Å²) in [5, 5.41) is 2.64. The molecule has 0 spiro atoms. The molecule has 0 aliphatic rings. The van der Waals surface area contributed by atoms with Gasteiger partial charge in [-0.25, -0.2) is 4.79 Å². The molecule has 2 N–H and O–H groups in total. The molecular formula is C15H10N2O4.